The van der Waals surface area contributed by atoms with E-state index >= 15 is 0 Å². The maximum Gasteiger partial charge on any atom is 0.303 e. The molecule has 0 spiro atoms. The van der Waals surface area contributed by atoms with E-state index in [0.29, 0.717) is 11.8 Å². The van der Waals surface area contributed by atoms with Gasteiger partial charge in [-0.3, -0.25) is 4.79 Å². The quantitative estimate of drug-likeness (QED) is 0.443. The van der Waals surface area contributed by atoms with Crippen LogP contribution in [0.3, 0.4) is 0 Å². The summed E-state index contributed by atoms with van der Waals surface area (Å²) in [5.41, 5.74) is -0.455. The molecule has 0 radical (unpaired) electrons. The van der Waals surface area contributed by atoms with Gasteiger partial charge in [0.15, 0.2) is 0 Å². The second-order valence-electron chi connectivity index (χ2n) is 11.7. The van der Waals surface area contributed by atoms with Gasteiger partial charge in [0, 0.05) is 18.3 Å². The molecule has 4 saturated carbocycles. The third kappa shape index (κ3) is 2.93. The summed E-state index contributed by atoms with van der Waals surface area (Å²) in [5.74, 6) is -6.79. The average molecular weight is 425 g/mol. The highest BCUT2D eigenvalue weighted by Crippen LogP contribution is 2.71. The molecule has 0 amide bonds. The fraction of sp³-hybridized carbons (Fsp3) is 0.958. The molecule has 4 aliphatic rings. The van der Waals surface area contributed by atoms with Gasteiger partial charge in [-0.25, -0.2) is 0 Å². The molecule has 0 aliphatic heterocycles. The van der Waals surface area contributed by atoms with Crippen LogP contribution in [0.25, 0.3) is 0 Å². The lowest BCUT2D eigenvalue weighted by Gasteiger charge is -2.61. The molecule has 1 unspecified atom stereocenters. The number of aliphatic hydroxyl groups is 4. The Hall–Kier alpha value is -0.690. The zero-order chi connectivity index (χ0) is 22.1. The normalized spacial score (nSPS) is 47.6. The van der Waals surface area contributed by atoms with Crippen molar-refractivity contribution in [2.75, 3.05) is 0 Å². The van der Waals surface area contributed by atoms with E-state index in [2.05, 4.69) is 6.92 Å². The van der Waals surface area contributed by atoms with E-state index in [1.165, 1.54) is 25.7 Å². The number of carbonyl (C=O) groups is 1. The first-order chi connectivity index (χ1) is 13.9. The van der Waals surface area contributed by atoms with Crippen molar-refractivity contribution >= 4 is 5.97 Å². The summed E-state index contributed by atoms with van der Waals surface area (Å²) in [6.45, 7) is 6.20. The smallest absolute Gasteiger partial charge is 0.303 e. The van der Waals surface area contributed by atoms with Crippen molar-refractivity contribution in [3.63, 3.8) is 0 Å². The second-order valence-corrected chi connectivity index (χ2v) is 11.7. The SMILES string of the molecule is C[C@H](CCC(=O)O)[C@H]1C(O)(O)C(O)(O)[C@H]2[C@@H]3CCC4CCCC[C@]4(C)[C@H]3CC[C@@]21C. The van der Waals surface area contributed by atoms with Crippen LogP contribution in [0.1, 0.15) is 85.0 Å². The van der Waals surface area contributed by atoms with E-state index in [1.54, 1.807) is 0 Å². The lowest BCUT2D eigenvalue weighted by Crippen LogP contribution is -2.60. The number of hydrogen-bond acceptors (Lipinski definition) is 5. The van der Waals surface area contributed by atoms with Gasteiger partial charge < -0.3 is 25.5 Å². The third-order valence-corrected chi connectivity index (χ3v) is 10.3. The lowest BCUT2D eigenvalue weighted by molar-refractivity contribution is -0.374. The molecule has 5 N–H and O–H groups in total. The van der Waals surface area contributed by atoms with Crippen molar-refractivity contribution < 1.29 is 30.3 Å². The summed E-state index contributed by atoms with van der Waals surface area (Å²) in [7, 11) is 0. The molecule has 172 valence electrons. The minimum Gasteiger partial charge on any atom is -0.481 e. The Morgan fingerprint density at radius 2 is 1.63 bits per heavy atom. The first-order valence-electron chi connectivity index (χ1n) is 12.0. The van der Waals surface area contributed by atoms with Crippen LogP contribution in [0.2, 0.25) is 0 Å². The fourth-order valence-electron chi connectivity index (χ4n) is 9.12. The zero-order valence-electron chi connectivity index (χ0n) is 18.7. The summed E-state index contributed by atoms with van der Waals surface area (Å²) in [6, 6.07) is 0. The molecule has 0 aromatic rings. The van der Waals surface area contributed by atoms with Crippen LogP contribution in [-0.2, 0) is 4.79 Å². The molecule has 4 fully saturated rings. The first-order valence-corrected chi connectivity index (χ1v) is 12.0. The van der Waals surface area contributed by atoms with Crippen LogP contribution >= 0.6 is 0 Å². The van der Waals surface area contributed by atoms with E-state index in [0.717, 1.165) is 25.7 Å². The van der Waals surface area contributed by atoms with Crippen LogP contribution in [0.4, 0.5) is 0 Å². The highest BCUT2D eigenvalue weighted by molar-refractivity contribution is 5.66. The summed E-state index contributed by atoms with van der Waals surface area (Å²) in [4.78, 5) is 11.1. The number of carboxylic acid groups (broad SMARTS) is 1. The van der Waals surface area contributed by atoms with Crippen LogP contribution in [0.5, 0.6) is 0 Å². The Labute approximate surface area is 179 Å². The standard InChI is InChI=1S/C24H40O6/c1-14(7-10-18(25)26)19-22(3)13-11-17-16(20(22)24(29,30)23(19,27)28)9-8-15-6-4-5-12-21(15,17)2/h14-17,19-20,27-30H,4-13H2,1-3H3,(H,25,26)/t14-,15?,16-,17+,19-,20+,21+,22-/m1/s1. The minimum atomic E-state index is -2.65. The van der Waals surface area contributed by atoms with Gasteiger partial charge in [0.1, 0.15) is 0 Å². The van der Waals surface area contributed by atoms with Crippen molar-refractivity contribution in [1.82, 2.24) is 0 Å². The number of fused-ring (bicyclic) bond motifs is 5. The van der Waals surface area contributed by atoms with Gasteiger partial charge in [0.2, 0.25) is 11.6 Å². The average Bonchev–Trinajstić information content (AvgIpc) is 2.77. The molecule has 0 aromatic heterocycles. The Morgan fingerprint density at radius 1 is 0.933 bits per heavy atom. The summed E-state index contributed by atoms with van der Waals surface area (Å²) in [5, 5.41) is 53.8. The molecule has 30 heavy (non-hydrogen) atoms. The lowest BCUT2D eigenvalue weighted by atomic mass is 9.44. The second kappa shape index (κ2) is 7.16. The van der Waals surface area contributed by atoms with Gasteiger partial charge in [-0.05, 0) is 79.4 Å². The van der Waals surface area contributed by atoms with Crippen LogP contribution in [0.15, 0.2) is 0 Å². The van der Waals surface area contributed by atoms with Crippen LogP contribution in [0, 0.1) is 46.3 Å². The number of hydrogen-bond donors (Lipinski definition) is 5. The van der Waals surface area contributed by atoms with Crippen molar-refractivity contribution in [1.29, 1.82) is 0 Å². The molecule has 0 bridgehead atoms. The molecular formula is C24H40O6. The van der Waals surface area contributed by atoms with Crippen molar-refractivity contribution in [3.05, 3.63) is 0 Å². The van der Waals surface area contributed by atoms with Crippen LogP contribution < -0.4 is 0 Å². The predicted molar refractivity (Wildman–Crippen MR) is 111 cm³/mol. The Bertz CT molecular complexity index is 689. The Balaban J connectivity index is 1.71. The van der Waals surface area contributed by atoms with Gasteiger partial charge in [-0.2, -0.15) is 0 Å². The maximum atomic E-state index is 11.2. The molecular weight excluding hydrogens is 384 g/mol. The third-order valence-electron chi connectivity index (χ3n) is 10.3. The fourth-order valence-corrected chi connectivity index (χ4v) is 9.12. The zero-order valence-corrected chi connectivity index (χ0v) is 18.7. The highest BCUT2D eigenvalue weighted by atomic mass is 16.6. The predicted octanol–water partition coefficient (Wildman–Crippen LogP) is 3.12. The van der Waals surface area contributed by atoms with E-state index in [9.17, 15) is 25.2 Å². The minimum absolute atomic E-state index is 0.0495. The monoisotopic (exact) mass is 424 g/mol. The van der Waals surface area contributed by atoms with Gasteiger partial charge in [-0.15, -0.1) is 0 Å². The van der Waals surface area contributed by atoms with E-state index < -0.39 is 34.8 Å². The maximum absolute atomic E-state index is 11.2. The molecule has 4 aliphatic carbocycles. The molecule has 6 heteroatoms. The van der Waals surface area contributed by atoms with Gasteiger partial charge in [-0.1, -0.05) is 33.6 Å². The largest absolute Gasteiger partial charge is 0.481 e. The van der Waals surface area contributed by atoms with Gasteiger partial charge >= 0.3 is 5.97 Å². The molecule has 0 aromatic carbocycles. The van der Waals surface area contributed by atoms with E-state index in [4.69, 9.17) is 5.11 Å². The van der Waals surface area contributed by atoms with Gasteiger partial charge in [0.25, 0.3) is 0 Å². The molecule has 4 rings (SSSR count). The summed E-state index contributed by atoms with van der Waals surface area (Å²) in [6.07, 6.45) is 8.82. The van der Waals surface area contributed by atoms with Gasteiger partial charge in [0.05, 0.1) is 0 Å². The Morgan fingerprint density at radius 3 is 2.30 bits per heavy atom. The molecule has 0 heterocycles. The molecule has 0 saturated heterocycles. The van der Waals surface area contributed by atoms with Crippen LogP contribution in [-0.4, -0.2) is 43.1 Å². The topological polar surface area (TPSA) is 118 Å². The van der Waals surface area contributed by atoms with E-state index in [1.807, 2.05) is 13.8 Å². The van der Waals surface area contributed by atoms with Crippen molar-refractivity contribution in [2.24, 2.45) is 46.3 Å². The molecule has 6 nitrogen and oxygen atoms in total. The Kier molecular flexibility index (Phi) is 5.37. The number of aliphatic carboxylic acids is 1. The number of rotatable bonds is 4. The van der Waals surface area contributed by atoms with E-state index in [-0.39, 0.29) is 30.1 Å². The van der Waals surface area contributed by atoms with Crippen molar-refractivity contribution in [2.45, 2.75) is 96.6 Å². The summed E-state index contributed by atoms with van der Waals surface area (Å²) < 4.78 is 0. The van der Waals surface area contributed by atoms with Crippen molar-refractivity contribution in [3.8, 4) is 0 Å². The molecule has 8 atom stereocenters. The summed E-state index contributed by atoms with van der Waals surface area (Å²) >= 11 is 0. The highest BCUT2D eigenvalue weighted by Gasteiger charge is 2.77. The first kappa shape index (κ1) is 22.5. The number of carboxylic acids is 1.